The van der Waals surface area contributed by atoms with Crippen LogP contribution in [0, 0.1) is 0 Å². The highest BCUT2D eigenvalue weighted by atomic mass is 32.1. The summed E-state index contributed by atoms with van der Waals surface area (Å²) in [7, 11) is 1.58. The number of amides is 2. The maximum Gasteiger partial charge on any atom is 0.245 e. The molecule has 0 aromatic heterocycles. The lowest BCUT2D eigenvalue weighted by Gasteiger charge is -2.18. The molecule has 0 bridgehead atoms. The number of nitrogens with one attached hydrogen (secondary N) is 3. The first-order chi connectivity index (χ1) is 8.08. The van der Waals surface area contributed by atoms with Crippen molar-refractivity contribution in [3.8, 4) is 0 Å². The van der Waals surface area contributed by atoms with Gasteiger partial charge in [-0.25, -0.2) is 0 Å². The molecule has 0 aromatic rings. The van der Waals surface area contributed by atoms with Gasteiger partial charge in [-0.15, -0.1) is 0 Å². The predicted octanol–water partition coefficient (Wildman–Crippen LogP) is -2.70. The Morgan fingerprint density at radius 1 is 1.41 bits per heavy atom. The molecule has 0 aliphatic rings. The Morgan fingerprint density at radius 3 is 2.47 bits per heavy atom. The molecule has 0 rings (SSSR count). The predicted molar refractivity (Wildman–Crippen MR) is 64.8 cm³/mol. The largest absolute Gasteiger partial charge is 0.394 e. The van der Waals surface area contributed by atoms with Crippen LogP contribution in [0.1, 0.15) is 0 Å². The van der Waals surface area contributed by atoms with E-state index in [0.29, 0.717) is 6.29 Å². The zero-order valence-corrected chi connectivity index (χ0v) is 10.4. The van der Waals surface area contributed by atoms with Gasteiger partial charge in [0, 0.05) is 5.75 Å². The van der Waals surface area contributed by atoms with Gasteiger partial charge in [0.05, 0.1) is 19.2 Å². The van der Waals surface area contributed by atoms with Gasteiger partial charge in [-0.1, -0.05) is 0 Å². The minimum atomic E-state index is -1.07. The van der Waals surface area contributed by atoms with Gasteiger partial charge in [0.15, 0.2) is 0 Å². The standard InChI is InChI=1S/C9H17N3O4S/c1-10-2-8(15)12-7(4-14)9(16)11-6(3-13)5-17/h3,6-7,10,14,17H,2,4-5H2,1H3,(H,11,16)(H,12,15)/t6-,7+/m1/s1. The highest BCUT2D eigenvalue weighted by molar-refractivity contribution is 7.80. The molecule has 17 heavy (non-hydrogen) atoms. The quantitative estimate of drug-likeness (QED) is 0.242. The van der Waals surface area contributed by atoms with Crippen LogP contribution < -0.4 is 16.0 Å². The van der Waals surface area contributed by atoms with Crippen molar-refractivity contribution in [3.05, 3.63) is 0 Å². The zero-order chi connectivity index (χ0) is 13.3. The number of hydrogen-bond acceptors (Lipinski definition) is 6. The lowest BCUT2D eigenvalue weighted by atomic mass is 10.2. The zero-order valence-electron chi connectivity index (χ0n) is 9.47. The highest BCUT2D eigenvalue weighted by Gasteiger charge is 2.21. The molecule has 0 radical (unpaired) electrons. The molecular formula is C9H17N3O4S. The number of thiol groups is 1. The molecule has 8 heteroatoms. The molecular weight excluding hydrogens is 246 g/mol. The molecule has 0 spiro atoms. The lowest BCUT2D eigenvalue weighted by molar-refractivity contribution is -0.130. The van der Waals surface area contributed by atoms with Gasteiger partial charge in [0.25, 0.3) is 0 Å². The maximum atomic E-state index is 11.5. The van der Waals surface area contributed by atoms with Crippen LogP contribution in [0.4, 0.5) is 0 Å². The van der Waals surface area contributed by atoms with Gasteiger partial charge in [0.2, 0.25) is 11.8 Å². The third kappa shape index (κ3) is 6.25. The Balaban J connectivity index is 4.29. The molecule has 7 nitrogen and oxygen atoms in total. The highest BCUT2D eigenvalue weighted by Crippen LogP contribution is 1.88. The lowest BCUT2D eigenvalue weighted by Crippen LogP contribution is -2.53. The maximum absolute atomic E-state index is 11.5. The van der Waals surface area contributed by atoms with Crippen molar-refractivity contribution >= 4 is 30.7 Å². The van der Waals surface area contributed by atoms with E-state index in [-0.39, 0.29) is 12.3 Å². The van der Waals surface area contributed by atoms with Crippen LogP contribution in [-0.4, -0.2) is 61.2 Å². The number of carbonyl (C=O) groups is 3. The molecule has 0 aliphatic carbocycles. The Kier molecular flexibility index (Phi) is 8.38. The van der Waals surface area contributed by atoms with E-state index in [4.69, 9.17) is 5.11 Å². The van der Waals surface area contributed by atoms with Crippen LogP contribution in [0.15, 0.2) is 0 Å². The molecule has 0 aliphatic heterocycles. The Morgan fingerprint density at radius 2 is 2.06 bits per heavy atom. The van der Waals surface area contributed by atoms with Crippen LogP contribution >= 0.6 is 12.6 Å². The Hall–Kier alpha value is -1.12. The van der Waals surface area contributed by atoms with E-state index in [0.717, 1.165) is 0 Å². The van der Waals surface area contributed by atoms with Crippen LogP contribution in [0.2, 0.25) is 0 Å². The minimum Gasteiger partial charge on any atom is -0.394 e. The number of aldehydes is 1. The van der Waals surface area contributed by atoms with E-state index < -0.39 is 30.5 Å². The smallest absolute Gasteiger partial charge is 0.245 e. The molecule has 0 heterocycles. The summed E-state index contributed by atoms with van der Waals surface area (Å²) >= 11 is 3.87. The van der Waals surface area contributed by atoms with Crippen molar-refractivity contribution in [2.75, 3.05) is 26.0 Å². The molecule has 0 aromatic carbocycles. The first-order valence-electron chi connectivity index (χ1n) is 5.00. The summed E-state index contributed by atoms with van der Waals surface area (Å²) in [5, 5.41) is 16.2. The van der Waals surface area contributed by atoms with Crippen molar-refractivity contribution in [2.45, 2.75) is 12.1 Å². The summed E-state index contributed by atoms with van der Waals surface area (Å²) in [5.41, 5.74) is 0. The summed E-state index contributed by atoms with van der Waals surface area (Å²) in [6.45, 7) is -0.507. The number of likely N-dealkylation sites (N-methyl/N-ethyl adjacent to an activating group) is 1. The molecule has 2 amide bonds. The topological polar surface area (TPSA) is 108 Å². The summed E-state index contributed by atoms with van der Waals surface area (Å²) in [6, 6.07) is -1.81. The van der Waals surface area contributed by atoms with Gasteiger partial charge in [-0.05, 0) is 7.05 Å². The van der Waals surface area contributed by atoms with Gasteiger partial charge < -0.3 is 25.9 Å². The van der Waals surface area contributed by atoms with Crippen molar-refractivity contribution < 1.29 is 19.5 Å². The van der Waals surface area contributed by atoms with E-state index in [1.807, 2.05) is 0 Å². The minimum absolute atomic E-state index is 0.0352. The fraction of sp³-hybridized carbons (Fsp3) is 0.667. The number of aliphatic hydroxyl groups is 1. The first kappa shape index (κ1) is 15.9. The summed E-state index contributed by atoms with van der Waals surface area (Å²) in [6.07, 6.45) is 0.536. The molecule has 0 saturated carbocycles. The van der Waals surface area contributed by atoms with Gasteiger partial charge in [-0.2, -0.15) is 12.6 Å². The number of rotatable bonds is 8. The fourth-order valence-electron chi connectivity index (χ4n) is 1.01. The number of aliphatic hydroxyl groups excluding tert-OH is 1. The van der Waals surface area contributed by atoms with Crippen LogP contribution in [0.3, 0.4) is 0 Å². The van der Waals surface area contributed by atoms with Gasteiger partial charge in [-0.3, -0.25) is 9.59 Å². The van der Waals surface area contributed by atoms with E-state index in [9.17, 15) is 14.4 Å². The molecule has 0 unspecified atom stereocenters. The van der Waals surface area contributed by atoms with Crippen molar-refractivity contribution in [2.24, 2.45) is 0 Å². The fourth-order valence-corrected chi connectivity index (χ4v) is 1.18. The number of hydrogen-bond donors (Lipinski definition) is 5. The molecule has 2 atom stereocenters. The number of carbonyl (C=O) groups excluding carboxylic acids is 3. The average Bonchev–Trinajstić information content (AvgIpc) is 2.32. The average molecular weight is 263 g/mol. The summed E-state index contributed by atoms with van der Waals surface area (Å²) in [4.78, 5) is 33.2. The summed E-state index contributed by atoms with van der Waals surface area (Å²) in [5.74, 6) is -0.893. The Labute approximate surface area is 105 Å². The third-order valence-electron chi connectivity index (χ3n) is 1.86. The second-order valence-corrected chi connectivity index (χ2v) is 3.63. The van der Waals surface area contributed by atoms with E-state index in [1.165, 1.54) is 0 Å². The Bertz CT molecular complexity index is 275. The monoisotopic (exact) mass is 263 g/mol. The second-order valence-electron chi connectivity index (χ2n) is 3.27. The van der Waals surface area contributed by atoms with E-state index >= 15 is 0 Å². The van der Waals surface area contributed by atoms with Gasteiger partial charge >= 0.3 is 0 Å². The van der Waals surface area contributed by atoms with Crippen LogP contribution in [0.25, 0.3) is 0 Å². The normalized spacial score (nSPS) is 13.6. The van der Waals surface area contributed by atoms with E-state index in [2.05, 4.69) is 28.6 Å². The molecule has 98 valence electrons. The molecule has 0 fully saturated rings. The van der Waals surface area contributed by atoms with Crippen molar-refractivity contribution in [1.29, 1.82) is 0 Å². The van der Waals surface area contributed by atoms with Crippen molar-refractivity contribution in [3.63, 3.8) is 0 Å². The third-order valence-corrected chi connectivity index (χ3v) is 2.25. The first-order valence-corrected chi connectivity index (χ1v) is 5.63. The van der Waals surface area contributed by atoms with Crippen LogP contribution in [-0.2, 0) is 14.4 Å². The van der Waals surface area contributed by atoms with Gasteiger partial charge in [0.1, 0.15) is 12.3 Å². The van der Waals surface area contributed by atoms with E-state index in [1.54, 1.807) is 7.05 Å². The van der Waals surface area contributed by atoms with Crippen LogP contribution in [0.5, 0.6) is 0 Å². The summed E-state index contributed by atoms with van der Waals surface area (Å²) < 4.78 is 0. The van der Waals surface area contributed by atoms with Crippen molar-refractivity contribution in [1.82, 2.24) is 16.0 Å². The second kappa shape index (κ2) is 8.97. The molecule has 0 saturated heterocycles. The SMILES string of the molecule is CNCC(=O)N[C@@H](CO)C(=O)N[C@H](C=O)CS. The molecule has 4 N–H and O–H groups in total.